The summed E-state index contributed by atoms with van der Waals surface area (Å²) in [5, 5.41) is 0. The monoisotopic (exact) mass is 234 g/mol. The highest BCUT2D eigenvalue weighted by molar-refractivity contribution is 6.44. The van der Waals surface area contributed by atoms with Crippen LogP contribution in [-0.4, -0.2) is 13.7 Å². The fourth-order valence-corrected chi connectivity index (χ4v) is 1.37. The Kier molecular flexibility index (Phi) is 4.36. The van der Waals surface area contributed by atoms with Gasteiger partial charge in [0.25, 0.3) is 0 Å². The molecular weight excluding hydrogens is 223 g/mol. The zero-order chi connectivity index (χ0) is 10.6. The highest BCUT2D eigenvalue weighted by atomic mass is 35.5. The number of hydrogen-bond acceptors (Lipinski definition) is 2. The van der Waals surface area contributed by atoms with Crippen LogP contribution in [0.15, 0.2) is 18.2 Å². The smallest absolute Gasteiger partial charge is 0.161 e. The van der Waals surface area contributed by atoms with Crippen molar-refractivity contribution in [3.8, 4) is 11.5 Å². The quantitative estimate of drug-likeness (QED) is 0.742. The molecule has 0 spiro atoms. The van der Waals surface area contributed by atoms with E-state index in [-0.39, 0.29) is 0 Å². The maximum absolute atomic E-state index is 5.74. The highest BCUT2D eigenvalue weighted by Crippen LogP contribution is 2.33. The number of halogens is 2. The summed E-state index contributed by atoms with van der Waals surface area (Å²) >= 11 is 11.5. The zero-order valence-corrected chi connectivity index (χ0v) is 9.60. The molecule has 0 aliphatic carbocycles. The van der Waals surface area contributed by atoms with Crippen LogP contribution in [0.4, 0.5) is 0 Å². The van der Waals surface area contributed by atoms with Gasteiger partial charge in [0.2, 0.25) is 0 Å². The first kappa shape index (κ1) is 11.5. The predicted octanol–water partition coefficient (Wildman–Crippen LogP) is 3.57. The van der Waals surface area contributed by atoms with E-state index in [0.29, 0.717) is 18.1 Å². The van der Waals surface area contributed by atoms with Crippen LogP contribution in [-0.2, 0) is 0 Å². The molecule has 4 heteroatoms. The lowest BCUT2D eigenvalue weighted by Gasteiger charge is -2.11. The molecule has 1 aromatic rings. The Morgan fingerprint density at radius 2 is 2.00 bits per heavy atom. The number of rotatable bonds is 4. The summed E-state index contributed by atoms with van der Waals surface area (Å²) in [5.41, 5.74) is 0.803. The van der Waals surface area contributed by atoms with Crippen molar-refractivity contribution in [3.05, 3.63) is 23.8 Å². The fourth-order valence-electron chi connectivity index (χ4n) is 1.10. The first-order chi connectivity index (χ1) is 6.69. The maximum Gasteiger partial charge on any atom is 0.161 e. The van der Waals surface area contributed by atoms with Crippen molar-refractivity contribution in [2.24, 2.45) is 0 Å². The van der Waals surface area contributed by atoms with Gasteiger partial charge < -0.3 is 9.47 Å². The third-order valence-corrected chi connectivity index (χ3v) is 2.24. The van der Waals surface area contributed by atoms with E-state index in [4.69, 9.17) is 32.7 Å². The Balaban J connectivity index is 3.01. The second kappa shape index (κ2) is 5.32. The number of hydrogen-bond donors (Lipinski definition) is 0. The average Bonchev–Trinajstić information content (AvgIpc) is 2.18. The van der Waals surface area contributed by atoms with Crippen LogP contribution in [0.3, 0.4) is 0 Å². The van der Waals surface area contributed by atoms with Gasteiger partial charge >= 0.3 is 0 Å². The standard InChI is InChI=1S/C10H12Cl2O2/c1-3-14-9-6-7(10(11)12)4-5-8(9)13-2/h4-6,10H,3H2,1-2H3. The number of ether oxygens (including phenoxy) is 2. The predicted molar refractivity (Wildman–Crippen MR) is 58.6 cm³/mol. The van der Waals surface area contributed by atoms with Crippen LogP contribution in [0.5, 0.6) is 11.5 Å². The minimum atomic E-state index is -0.542. The van der Waals surface area contributed by atoms with Gasteiger partial charge in [0, 0.05) is 0 Å². The molecule has 78 valence electrons. The van der Waals surface area contributed by atoms with Crippen LogP contribution in [0.2, 0.25) is 0 Å². The third-order valence-electron chi connectivity index (χ3n) is 1.74. The largest absolute Gasteiger partial charge is 0.493 e. The summed E-state index contributed by atoms with van der Waals surface area (Å²) in [6.07, 6.45) is 0. The molecule has 0 saturated heterocycles. The van der Waals surface area contributed by atoms with E-state index in [1.807, 2.05) is 13.0 Å². The van der Waals surface area contributed by atoms with Gasteiger partial charge in [-0.15, -0.1) is 23.2 Å². The normalized spacial score (nSPS) is 10.4. The second-order valence-corrected chi connectivity index (χ2v) is 3.74. The van der Waals surface area contributed by atoms with Crippen LogP contribution in [0.1, 0.15) is 17.3 Å². The molecule has 0 aliphatic rings. The molecule has 0 aromatic heterocycles. The fraction of sp³-hybridized carbons (Fsp3) is 0.400. The van der Waals surface area contributed by atoms with E-state index in [1.54, 1.807) is 19.2 Å². The van der Waals surface area contributed by atoms with Crippen LogP contribution < -0.4 is 9.47 Å². The van der Waals surface area contributed by atoms with Gasteiger partial charge in [-0.3, -0.25) is 0 Å². The van der Waals surface area contributed by atoms with Gasteiger partial charge in [0.15, 0.2) is 11.5 Å². The number of alkyl halides is 2. The van der Waals surface area contributed by atoms with Crippen molar-refractivity contribution >= 4 is 23.2 Å². The molecule has 0 radical (unpaired) electrons. The van der Waals surface area contributed by atoms with Gasteiger partial charge in [0.05, 0.1) is 13.7 Å². The van der Waals surface area contributed by atoms with Gasteiger partial charge in [0.1, 0.15) is 4.84 Å². The number of methoxy groups -OCH3 is 1. The molecule has 1 aromatic carbocycles. The second-order valence-electron chi connectivity index (χ2n) is 2.64. The Hall–Kier alpha value is -0.600. The molecule has 0 saturated carbocycles. The summed E-state index contributed by atoms with van der Waals surface area (Å²) in [4.78, 5) is -0.542. The van der Waals surface area contributed by atoms with Crippen molar-refractivity contribution in [2.75, 3.05) is 13.7 Å². The lowest BCUT2D eigenvalue weighted by Crippen LogP contribution is -1.96. The summed E-state index contributed by atoms with van der Waals surface area (Å²) in [5.74, 6) is 1.35. The summed E-state index contributed by atoms with van der Waals surface area (Å²) in [7, 11) is 1.59. The number of benzene rings is 1. The van der Waals surface area contributed by atoms with E-state index < -0.39 is 4.84 Å². The maximum atomic E-state index is 5.74. The SMILES string of the molecule is CCOc1cc(C(Cl)Cl)ccc1OC. The van der Waals surface area contributed by atoms with E-state index in [9.17, 15) is 0 Å². The van der Waals surface area contributed by atoms with E-state index >= 15 is 0 Å². The first-order valence-corrected chi connectivity index (χ1v) is 5.15. The van der Waals surface area contributed by atoms with Crippen molar-refractivity contribution in [3.63, 3.8) is 0 Å². The van der Waals surface area contributed by atoms with Crippen LogP contribution in [0.25, 0.3) is 0 Å². The lowest BCUT2D eigenvalue weighted by atomic mass is 10.2. The molecule has 0 N–H and O–H groups in total. The lowest BCUT2D eigenvalue weighted by molar-refractivity contribution is 0.310. The van der Waals surface area contributed by atoms with Gasteiger partial charge in [-0.05, 0) is 24.6 Å². The van der Waals surface area contributed by atoms with Crippen molar-refractivity contribution in [1.29, 1.82) is 0 Å². The van der Waals surface area contributed by atoms with Gasteiger partial charge in [-0.1, -0.05) is 6.07 Å². The van der Waals surface area contributed by atoms with Crippen molar-refractivity contribution in [1.82, 2.24) is 0 Å². The molecule has 1 rings (SSSR count). The zero-order valence-electron chi connectivity index (χ0n) is 8.09. The molecular formula is C10H12Cl2O2. The average molecular weight is 235 g/mol. The molecule has 0 heterocycles. The van der Waals surface area contributed by atoms with Crippen LogP contribution >= 0.6 is 23.2 Å². The van der Waals surface area contributed by atoms with Crippen molar-refractivity contribution in [2.45, 2.75) is 11.8 Å². The molecule has 0 amide bonds. The minimum Gasteiger partial charge on any atom is -0.493 e. The molecule has 2 nitrogen and oxygen atoms in total. The Labute approximate surface area is 93.7 Å². The minimum absolute atomic E-state index is 0.542. The molecule has 0 aliphatic heterocycles. The molecule has 14 heavy (non-hydrogen) atoms. The summed E-state index contributed by atoms with van der Waals surface area (Å²) in [6.45, 7) is 2.49. The van der Waals surface area contributed by atoms with Gasteiger partial charge in [-0.25, -0.2) is 0 Å². The van der Waals surface area contributed by atoms with Crippen molar-refractivity contribution < 1.29 is 9.47 Å². The Morgan fingerprint density at radius 3 is 2.50 bits per heavy atom. The topological polar surface area (TPSA) is 18.5 Å². The highest BCUT2D eigenvalue weighted by Gasteiger charge is 2.09. The third kappa shape index (κ3) is 2.69. The summed E-state index contributed by atoms with van der Waals surface area (Å²) in [6, 6.07) is 5.39. The molecule has 0 unspecified atom stereocenters. The van der Waals surface area contributed by atoms with E-state index in [2.05, 4.69) is 0 Å². The Bertz CT molecular complexity index is 300. The van der Waals surface area contributed by atoms with Crippen LogP contribution in [0, 0.1) is 0 Å². The van der Waals surface area contributed by atoms with Gasteiger partial charge in [-0.2, -0.15) is 0 Å². The summed E-state index contributed by atoms with van der Waals surface area (Å²) < 4.78 is 10.5. The van der Waals surface area contributed by atoms with E-state index in [0.717, 1.165) is 5.56 Å². The first-order valence-electron chi connectivity index (χ1n) is 4.28. The van der Waals surface area contributed by atoms with E-state index in [1.165, 1.54) is 0 Å². The molecule has 0 atom stereocenters. The molecule has 0 fully saturated rings. The Morgan fingerprint density at radius 1 is 1.29 bits per heavy atom. The molecule has 0 bridgehead atoms.